The molecule has 0 spiro atoms. The van der Waals surface area contributed by atoms with E-state index in [4.69, 9.17) is 47.4 Å². The van der Waals surface area contributed by atoms with Gasteiger partial charge in [0.15, 0.2) is 12.6 Å². The molecule has 8 N–H and O–H groups in total. The lowest BCUT2D eigenvalue weighted by Crippen LogP contribution is -2.70. The van der Waals surface area contributed by atoms with Crippen molar-refractivity contribution in [2.75, 3.05) is 13.2 Å². The molecule has 1 saturated carbocycles. The maximum atomic E-state index is 13.9. The van der Waals surface area contributed by atoms with Gasteiger partial charge >= 0.3 is 36.6 Å². The van der Waals surface area contributed by atoms with Gasteiger partial charge in [0, 0.05) is 6.54 Å². The lowest BCUT2D eigenvalue weighted by molar-refractivity contribution is -0.289. The van der Waals surface area contributed by atoms with Crippen molar-refractivity contribution < 1.29 is 86.3 Å². The van der Waals surface area contributed by atoms with Crippen LogP contribution in [0.4, 0.5) is 28.8 Å². The molecule has 2 aromatic rings. The van der Waals surface area contributed by atoms with Gasteiger partial charge in [-0.1, -0.05) is 60.7 Å². The third kappa shape index (κ3) is 21.6. The van der Waals surface area contributed by atoms with Gasteiger partial charge in [-0.3, -0.25) is 0 Å². The Balaban J connectivity index is 1.56. The zero-order valence-corrected chi connectivity index (χ0v) is 46.8. The van der Waals surface area contributed by atoms with E-state index in [1.165, 1.54) is 0 Å². The van der Waals surface area contributed by atoms with E-state index in [-0.39, 0.29) is 45.4 Å². The average Bonchev–Trinajstić information content (AvgIpc) is 3.31. The highest BCUT2D eigenvalue weighted by Gasteiger charge is 2.53. The van der Waals surface area contributed by atoms with Gasteiger partial charge in [0.1, 0.15) is 60.0 Å². The largest absolute Gasteiger partial charge is 0.445 e. The Morgan fingerprint density at radius 3 is 1.38 bits per heavy atom. The molecule has 5 rings (SSSR count). The second kappa shape index (κ2) is 27.6. The van der Waals surface area contributed by atoms with Crippen LogP contribution in [0.2, 0.25) is 0 Å². The highest BCUT2D eigenvalue weighted by atomic mass is 16.7. The van der Waals surface area contributed by atoms with Gasteiger partial charge in [-0.15, -0.1) is 0 Å². The van der Waals surface area contributed by atoms with Crippen molar-refractivity contribution in [3.05, 3.63) is 71.8 Å². The smallest absolute Gasteiger partial charge is 0.408 e. The Bertz CT molecular complexity index is 2270. The van der Waals surface area contributed by atoms with Gasteiger partial charge in [-0.2, -0.15) is 0 Å². The quantitative estimate of drug-likeness (QED) is 0.0904. The predicted molar refractivity (Wildman–Crippen MR) is 279 cm³/mol. The number of aliphatic hydroxyl groups excluding tert-OH is 2. The molecule has 3 aliphatic rings. The van der Waals surface area contributed by atoms with Crippen molar-refractivity contribution in [1.82, 2.24) is 31.9 Å². The number of carbonyl (C=O) groups is 6. The molecule has 0 unspecified atom stereocenters. The minimum atomic E-state index is -1.90. The molecule has 78 heavy (non-hydrogen) atoms. The number of amides is 6. The van der Waals surface area contributed by atoms with Crippen LogP contribution in [0.3, 0.4) is 0 Å². The van der Waals surface area contributed by atoms with Gasteiger partial charge in [0.2, 0.25) is 0 Å². The first-order valence-electron chi connectivity index (χ1n) is 26.2. The topological polar surface area (TPSA) is 307 Å². The van der Waals surface area contributed by atoms with Gasteiger partial charge in [-0.05, 0) is 120 Å². The number of rotatable bonds is 16. The van der Waals surface area contributed by atoms with E-state index in [1.807, 2.05) is 6.07 Å². The van der Waals surface area contributed by atoms with Crippen molar-refractivity contribution in [3.63, 3.8) is 0 Å². The Labute approximate surface area is 456 Å². The summed E-state index contributed by atoms with van der Waals surface area (Å²) >= 11 is 0. The molecule has 2 heterocycles. The number of hydrogen-bond donors (Lipinski definition) is 8. The van der Waals surface area contributed by atoms with Crippen LogP contribution in [0.25, 0.3) is 0 Å². The number of nitrogens with one attached hydrogen (secondary N) is 6. The number of alkyl carbamates (subject to hydrolysis) is 6. The summed E-state index contributed by atoms with van der Waals surface area (Å²) in [6.07, 6.45) is -15.1. The lowest BCUT2D eigenvalue weighted by atomic mass is 9.83. The first kappa shape index (κ1) is 62.7. The summed E-state index contributed by atoms with van der Waals surface area (Å²) in [4.78, 5) is 81.0. The molecule has 0 radical (unpaired) electrons. The van der Waals surface area contributed by atoms with Crippen LogP contribution < -0.4 is 31.9 Å². The molecule has 6 amide bonds. The zero-order chi connectivity index (χ0) is 57.6. The van der Waals surface area contributed by atoms with E-state index in [2.05, 4.69) is 31.9 Å². The van der Waals surface area contributed by atoms with E-state index in [9.17, 15) is 39.0 Å². The second-order valence-electron chi connectivity index (χ2n) is 23.4. The Morgan fingerprint density at radius 2 is 0.910 bits per heavy atom. The highest BCUT2D eigenvalue weighted by Crippen LogP contribution is 2.34. The molecule has 1 aliphatic carbocycles. The van der Waals surface area contributed by atoms with Gasteiger partial charge in [0.25, 0.3) is 0 Å². The fourth-order valence-electron chi connectivity index (χ4n) is 8.62. The molecule has 12 atom stereocenters. The molecule has 2 aliphatic heterocycles. The van der Waals surface area contributed by atoms with Crippen LogP contribution >= 0.6 is 0 Å². The molecule has 0 bridgehead atoms. The summed E-state index contributed by atoms with van der Waals surface area (Å²) in [7, 11) is 0. The summed E-state index contributed by atoms with van der Waals surface area (Å²) in [6.45, 7) is 19.2. The van der Waals surface area contributed by atoms with E-state index in [0.717, 1.165) is 0 Å². The molecule has 436 valence electrons. The number of benzene rings is 2. The van der Waals surface area contributed by atoms with Crippen LogP contribution in [0, 0.1) is 0 Å². The van der Waals surface area contributed by atoms with Crippen molar-refractivity contribution in [1.29, 1.82) is 0 Å². The minimum Gasteiger partial charge on any atom is -0.445 e. The maximum Gasteiger partial charge on any atom is 0.408 e. The van der Waals surface area contributed by atoms with Crippen LogP contribution in [-0.4, -0.2) is 156 Å². The number of ether oxygens (including phenoxy) is 10. The summed E-state index contributed by atoms with van der Waals surface area (Å²) in [5, 5.41) is 40.1. The van der Waals surface area contributed by atoms with E-state index in [1.54, 1.807) is 138 Å². The van der Waals surface area contributed by atoms with Crippen molar-refractivity contribution in [3.8, 4) is 0 Å². The maximum absolute atomic E-state index is 13.9. The Hall–Kier alpha value is -6.18. The summed E-state index contributed by atoms with van der Waals surface area (Å²) < 4.78 is 59.7. The van der Waals surface area contributed by atoms with Crippen molar-refractivity contribution in [2.45, 2.75) is 218 Å². The number of carbonyl (C=O) groups excluding carboxylic acids is 6. The van der Waals surface area contributed by atoms with Crippen molar-refractivity contribution >= 4 is 36.6 Å². The fraction of sp³-hybridized carbons (Fsp3) is 0.667. The fourth-order valence-corrected chi connectivity index (χ4v) is 8.62. The van der Waals surface area contributed by atoms with E-state index in [0.29, 0.717) is 11.1 Å². The van der Waals surface area contributed by atoms with Crippen LogP contribution in [0.15, 0.2) is 60.7 Å². The van der Waals surface area contributed by atoms with Crippen LogP contribution in [0.5, 0.6) is 0 Å². The molecule has 24 heteroatoms. The normalized spacial score (nSPS) is 26.6. The lowest BCUT2D eigenvalue weighted by Gasteiger charge is -2.49. The third-order valence-electron chi connectivity index (χ3n) is 11.8. The molecular weight excluding hydrogens is 1020 g/mol. The Morgan fingerprint density at radius 1 is 0.500 bits per heavy atom. The molecule has 0 aromatic heterocycles. The zero-order valence-electron chi connectivity index (χ0n) is 46.8. The first-order chi connectivity index (χ1) is 36.4. The number of hydrogen-bond acceptors (Lipinski definition) is 18. The molecular formula is C54H82N6O18. The summed E-state index contributed by atoms with van der Waals surface area (Å²) in [5.74, 6) is 0. The first-order valence-corrected chi connectivity index (χ1v) is 26.2. The summed E-state index contributed by atoms with van der Waals surface area (Å²) in [6, 6.07) is 11.8. The molecule has 24 nitrogen and oxygen atoms in total. The minimum absolute atomic E-state index is 0.0599. The van der Waals surface area contributed by atoms with Gasteiger partial charge in [0.05, 0.1) is 43.0 Å². The summed E-state index contributed by atoms with van der Waals surface area (Å²) in [5.41, 5.74) is -2.36. The monoisotopic (exact) mass is 1100 g/mol. The van der Waals surface area contributed by atoms with Crippen LogP contribution in [-0.2, 0) is 60.6 Å². The van der Waals surface area contributed by atoms with Crippen LogP contribution in [0.1, 0.15) is 120 Å². The average molecular weight is 1100 g/mol. The van der Waals surface area contributed by atoms with E-state index < -0.39 is 139 Å². The van der Waals surface area contributed by atoms with Gasteiger partial charge < -0.3 is 89.5 Å². The number of aliphatic hydroxyl groups is 2. The SMILES string of the molecule is CC(C)(C)OC(=O)NC[C@@H]1CC[C@@H](NC(=O)OC(C)(C)C)[C@@H](O[C@H]2[C@H](O)[C@@H](O[C@H]3O[C@H](CO)C[C@H](NC(=O)OCc4ccccc4)[C@H]3NC(=O)OC(C)(C)C)[C@H](NC(=O)OCc3ccccc3)C[C@@H]2NC(=O)OC(C)(C)C)O1. The molecule has 2 saturated heterocycles. The van der Waals surface area contributed by atoms with Gasteiger partial charge in [-0.25, -0.2) is 28.8 Å². The second-order valence-corrected chi connectivity index (χ2v) is 23.4. The van der Waals surface area contributed by atoms with Crippen molar-refractivity contribution in [2.24, 2.45) is 0 Å². The predicted octanol–water partition coefficient (Wildman–Crippen LogP) is 5.93. The molecule has 3 fully saturated rings. The van der Waals surface area contributed by atoms with E-state index >= 15 is 0 Å². The third-order valence-corrected chi connectivity index (χ3v) is 11.8. The molecule has 2 aromatic carbocycles. The highest BCUT2D eigenvalue weighted by molar-refractivity contribution is 5.71. The Kier molecular flexibility index (Phi) is 22.2. The standard InChI is InChI=1S/C54H82N6O18/c1-51(2,3)75-45(63)55-27-33-23-24-35(56-48(66)76-52(4,5)6)43(71-33)73-41-38(59-49(67)77-53(7,8)9)26-37(58-47(65)70-30-32-21-17-14-18-22-32)42(40(41)62)74-44-39(60-50(68)78-54(10,11)12)36(25-34(28-61)72-44)57-46(64)69-29-31-19-15-13-16-20-31/h13-22,33-44,61-62H,23-30H2,1-12H3,(H,55,63)(H,56,66)(H,57,64)(H,58,65)(H,59,67)(H,60,68)/t33-,34-,35+,36-,37+,38-,39+,40-,41+,42-,43+,44+/m0/s1.